The number of rotatable bonds is 0. The monoisotopic (exact) mass is 355 g/mol. The minimum Gasteiger partial charge on any atom is -0.693 e. The van der Waals surface area contributed by atoms with Crippen molar-refractivity contribution in [1.82, 2.24) is 5.32 Å². The van der Waals surface area contributed by atoms with Crippen LogP contribution >= 0.6 is 24.4 Å². The number of thiocarbonyl (C=S) groups is 2. The number of nitrogens with zero attached hydrogens (tertiary/aromatic N) is 1. The van der Waals surface area contributed by atoms with Gasteiger partial charge in [-0.3, -0.25) is 0 Å². The molecule has 0 amide bonds. The van der Waals surface area contributed by atoms with Crippen molar-refractivity contribution in [3.63, 3.8) is 0 Å². The van der Waals surface area contributed by atoms with Gasteiger partial charge in [0.1, 0.15) is 0 Å². The zero-order valence-corrected chi connectivity index (χ0v) is 14.5. The largest absolute Gasteiger partial charge is 0.693 e. The Morgan fingerprint density at radius 3 is 1.67 bits per heavy atom. The second-order valence-corrected chi connectivity index (χ2v) is 1.66. The zero-order chi connectivity index (χ0) is 7.70. The van der Waals surface area contributed by atoms with Gasteiger partial charge in [-0.15, -0.1) is 12.2 Å². The topological polar surface area (TPSA) is 57.9 Å². The van der Waals surface area contributed by atoms with Gasteiger partial charge in [0, 0.05) is 79.5 Å². The Balaban J connectivity index is -0.0000000221. The van der Waals surface area contributed by atoms with Gasteiger partial charge in [0.2, 0.25) is 0 Å². The fourth-order valence-electron chi connectivity index (χ4n) is 0. The number of aliphatic imine (C=N–C) groups is 1. The van der Waals surface area contributed by atoms with Crippen LogP contribution in [0.5, 0.6) is 0 Å². The van der Waals surface area contributed by atoms with Gasteiger partial charge in [-0.1, -0.05) is 4.99 Å². The summed E-state index contributed by atoms with van der Waals surface area (Å²) in [5.74, 6) is 0. The third-order valence-corrected chi connectivity index (χ3v) is 0.757. The predicted molar refractivity (Wildman–Crippen MR) is 53.2 cm³/mol. The summed E-state index contributed by atoms with van der Waals surface area (Å²) in [5.41, 5.74) is 0. The number of nitrogens with two attached hydrogens (primary N) is 1. The van der Waals surface area contributed by atoms with E-state index in [1.165, 1.54) is 0 Å². The molecule has 0 saturated heterocycles. The Morgan fingerprint density at radius 1 is 1.50 bits per heavy atom. The van der Waals surface area contributed by atoms with Crippen molar-refractivity contribution < 1.29 is 65.4 Å². The Kier molecular flexibility index (Phi) is 71.3. The maximum Gasteiger partial charge on any atom is 0.0582 e. The van der Waals surface area contributed by atoms with Gasteiger partial charge < -0.3 is 18.4 Å². The van der Waals surface area contributed by atoms with Crippen molar-refractivity contribution >= 4 is 34.6 Å². The van der Waals surface area contributed by atoms with E-state index in [0.717, 1.165) is 0 Å². The standard InChI is InChI=1S/C3H6NS.C2H3NS.H2N.2Y/c1-3(5)4-2;1-3-2-4;;;/h1H2,2H3,(H,4,5);1H3;1H2;;/q-1;;-1;;. The molecule has 0 heterocycles. The maximum atomic E-state index is 4.47. The molecule has 0 aromatic carbocycles. The van der Waals surface area contributed by atoms with Gasteiger partial charge in [-0.25, -0.2) is 4.99 Å². The predicted octanol–water partition coefficient (Wildman–Crippen LogP) is 1.80. The molecule has 12 heavy (non-hydrogen) atoms. The van der Waals surface area contributed by atoms with E-state index in [0.29, 0.717) is 4.99 Å². The van der Waals surface area contributed by atoms with Gasteiger partial charge in [-0.05, 0) is 12.2 Å². The molecule has 0 saturated carbocycles. The Morgan fingerprint density at radius 2 is 1.67 bits per heavy atom. The summed E-state index contributed by atoms with van der Waals surface area (Å²) in [4.78, 5) is 3.89. The van der Waals surface area contributed by atoms with Crippen molar-refractivity contribution in [3.05, 3.63) is 13.1 Å². The number of hydrogen-bond acceptors (Lipinski definition) is 3. The van der Waals surface area contributed by atoms with E-state index < -0.39 is 0 Å². The van der Waals surface area contributed by atoms with Crippen molar-refractivity contribution in [2.45, 2.75) is 0 Å². The Hall–Kier alpha value is 1.73. The van der Waals surface area contributed by atoms with Crippen molar-refractivity contribution in [3.8, 4) is 0 Å². The van der Waals surface area contributed by atoms with Crippen LogP contribution in [0, 0.1) is 6.92 Å². The van der Waals surface area contributed by atoms with E-state index in [1.807, 2.05) is 0 Å². The SMILES string of the molecule is CN=C=S.[CH2-]C(=S)NC.[NH2-].[Y].[Y]. The molecular weight excluding hydrogens is 344 g/mol. The molecule has 7 heteroatoms. The van der Waals surface area contributed by atoms with Crippen LogP contribution < -0.4 is 5.32 Å². The van der Waals surface area contributed by atoms with Crippen LogP contribution in [-0.4, -0.2) is 24.2 Å². The molecule has 0 atom stereocenters. The summed E-state index contributed by atoms with van der Waals surface area (Å²) in [6, 6.07) is 0. The number of nitrogens with one attached hydrogen (secondary N) is 1. The van der Waals surface area contributed by atoms with Crippen LogP contribution in [0.1, 0.15) is 0 Å². The van der Waals surface area contributed by atoms with Gasteiger partial charge in [0.25, 0.3) is 0 Å². The van der Waals surface area contributed by atoms with Crippen LogP contribution in [0.25, 0.3) is 6.15 Å². The van der Waals surface area contributed by atoms with Crippen molar-refractivity contribution in [1.29, 1.82) is 0 Å². The van der Waals surface area contributed by atoms with Gasteiger partial charge >= 0.3 is 0 Å². The summed E-state index contributed by atoms with van der Waals surface area (Å²) >= 11 is 8.61. The molecule has 0 aliphatic carbocycles. The maximum absolute atomic E-state index is 4.47. The molecule has 3 nitrogen and oxygen atoms in total. The molecule has 0 fully saturated rings. The normalized spacial score (nSPS) is 4.17. The molecule has 0 unspecified atom stereocenters. The smallest absolute Gasteiger partial charge is 0.0582 e. The second kappa shape index (κ2) is 29.3. The van der Waals surface area contributed by atoms with Gasteiger partial charge in [-0.2, -0.15) is 0 Å². The molecule has 3 N–H and O–H groups in total. The molecule has 0 aliphatic heterocycles. The van der Waals surface area contributed by atoms with Crippen LogP contribution in [-0.2, 0) is 65.4 Å². The first-order valence-corrected chi connectivity index (χ1v) is 3.00. The average Bonchev–Trinajstić information content (AvgIpc) is 1.89. The molecule has 0 aliphatic rings. The van der Waals surface area contributed by atoms with Crippen LogP contribution in [0.2, 0.25) is 0 Å². The minimum absolute atomic E-state index is 0. The first kappa shape index (κ1) is 29.2. The first-order chi connectivity index (χ1) is 4.18. The number of isothiocyanates is 1. The molecule has 0 bridgehead atoms. The zero-order valence-electron chi connectivity index (χ0n) is 7.20. The van der Waals surface area contributed by atoms with E-state index in [9.17, 15) is 0 Å². The van der Waals surface area contributed by atoms with E-state index >= 15 is 0 Å². The molecule has 0 rings (SSSR count). The van der Waals surface area contributed by atoms with Crippen LogP contribution in [0.4, 0.5) is 0 Å². The van der Waals surface area contributed by atoms with Gasteiger partial charge in [0.15, 0.2) is 0 Å². The average molecular weight is 355 g/mol. The summed E-state index contributed by atoms with van der Waals surface area (Å²) in [7, 11) is 3.34. The van der Waals surface area contributed by atoms with E-state index in [-0.39, 0.29) is 71.6 Å². The third-order valence-electron chi connectivity index (χ3n) is 0.370. The molecule has 2 radical (unpaired) electrons. The molecule has 0 aromatic rings. The molecule has 66 valence electrons. The summed E-state index contributed by atoms with van der Waals surface area (Å²) in [6.07, 6.45) is 0. The van der Waals surface area contributed by atoms with Gasteiger partial charge in [0.05, 0.1) is 5.16 Å². The Bertz CT molecular complexity index is 126. The first-order valence-electron chi connectivity index (χ1n) is 2.18. The van der Waals surface area contributed by atoms with Crippen molar-refractivity contribution in [2.24, 2.45) is 4.99 Å². The van der Waals surface area contributed by atoms with E-state index in [2.05, 4.69) is 46.8 Å². The van der Waals surface area contributed by atoms with Crippen LogP contribution in [0.3, 0.4) is 0 Å². The third kappa shape index (κ3) is 60.4. The van der Waals surface area contributed by atoms with E-state index in [4.69, 9.17) is 0 Å². The summed E-state index contributed by atoms with van der Waals surface area (Å²) in [6.45, 7) is 3.38. The fraction of sp³-hybridized carbons (Fsp3) is 0.400. The Labute approximate surface area is 135 Å². The quantitative estimate of drug-likeness (QED) is 0.410. The molecule has 0 aromatic heterocycles. The van der Waals surface area contributed by atoms with E-state index in [1.54, 1.807) is 14.1 Å². The summed E-state index contributed by atoms with van der Waals surface area (Å²) in [5, 5.41) is 4.79. The minimum atomic E-state index is 0. The summed E-state index contributed by atoms with van der Waals surface area (Å²) < 4.78 is 0. The van der Waals surface area contributed by atoms with Crippen molar-refractivity contribution in [2.75, 3.05) is 14.1 Å². The fourth-order valence-corrected chi connectivity index (χ4v) is 0. The number of hydrogen-bond donors (Lipinski definition) is 1. The van der Waals surface area contributed by atoms with Crippen LogP contribution in [0.15, 0.2) is 4.99 Å². The molecular formula is C5H11N3S2Y2-2. The molecule has 0 spiro atoms. The second-order valence-electron chi connectivity index (χ2n) is 0.988.